The summed E-state index contributed by atoms with van der Waals surface area (Å²) in [7, 11) is 1.61. The highest BCUT2D eigenvalue weighted by molar-refractivity contribution is 5.76. The largest absolute Gasteiger partial charge is 0.380 e. The summed E-state index contributed by atoms with van der Waals surface area (Å²) in [5.41, 5.74) is 5.87. The Labute approximate surface area is 111 Å². The number of methoxy groups -OCH3 is 1. The monoisotopic (exact) mass is 256 g/mol. The predicted molar refractivity (Wildman–Crippen MR) is 73.3 cm³/mol. The first kappa shape index (κ1) is 15.4. The number of rotatable bonds is 6. The van der Waals surface area contributed by atoms with Crippen LogP contribution in [0.5, 0.6) is 0 Å². The van der Waals surface area contributed by atoms with Crippen molar-refractivity contribution in [2.75, 3.05) is 26.7 Å². The van der Waals surface area contributed by atoms with Crippen molar-refractivity contribution in [3.63, 3.8) is 0 Å². The van der Waals surface area contributed by atoms with Crippen LogP contribution in [0.25, 0.3) is 0 Å². The zero-order chi connectivity index (χ0) is 13.6. The lowest BCUT2D eigenvalue weighted by molar-refractivity contribution is -0.137. The summed E-state index contributed by atoms with van der Waals surface area (Å²) < 4.78 is 5.19. The zero-order valence-corrected chi connectivity index (χ0v) is 12.1. The molecule has 106 valence electrons. The van der Waals surface area contributed by atoms with Gasteiger partial charge < -0.3 is 15.4 Å². The van der Waals surface area contributed by atoms with E-state index in [1.54, 1.807) is 7.11 Å². The van der Waals surface area contributed by atoms with Gasteiger partial charge in [-0.15, -0.1) is 0 Å². The Hall–Kier alpha value is -0.610. The highest BCUT2D eigenvalue weighted by Crippen LogP contribution is 2.34. The number of ether oxygens (including phenoxy) is 1. The summed E-state index contributed by atoms with van der Waals surface area (Å²) in [6, 6.07) is 0. The molecular weight excluding hydrogens is 228 g/mol. The highest BCUT2D eigenvalue weighted by Gasteiger charge is 2.32. The first-order chi connectivity index (χ1) is 8.54. The lowest BCUT2D eigenvalue weighted by Gasteiger charge is -2.41. The highest BCUT2D eigenvalue weighted by atomic mass is 16.5. The summed E-state index contributed by atoms with van der Waals surface area (Å²) >= 11 is 0. The van der Waals surface area contributed by atoms with E-state index in [0.29, 0.717) is 18.4 Å². The van der Waals surface area contributed by atoms with E-state index in [1.807, 2.05) is 4.90 Å². The van der Waals surface area contributed by atoms with E-state index in [-0.39, 0.29) is 12.0 Å². The lowest BCUT2D eigenvalue weighted by Crippen LogP contribution is -2.46. The minimum absolute atomic E-state index is 0.142. The van der Waals surface area contributed by atoms with Gasteiger partial charge in [0.15, 0.2) is 0 Å². The quantitative estimate of drug-likeness (QED) is 0.788. The molecule has 1 saturated heterocycles. The maximum absolute atomic E-state index is 12.2. The van der Waals surface area contributed by atoms with Gasteiger partial charge in [-0.2, -0.15) is 0 Å². The van der Waals surface area contributed by atoms with E-state index >= 15 is 0 Å². The van der Waals surface area contributed by atoms with Crippen LogP contribution in [0.1, 0.15) is 46.0 Å². The molecule has 0 spiro atoms. The fourth-order valence-electron chi connectivity index (χ4n) is 2.92. The van der Waals surface area contributed by atoms with Crippen LogP contribution < -0.4 is 5.73 Å². The molecule has 2 unspecified atom stereocenters. The number of carbonyl (C=O) groups is 1. The minimum Gasteiger partial charge on any atom is -0.380 e. The number of likely N-dealkylation sites (tertiary alicyclic amines) is 1. The normalized spacial score (nSPS) is 26.1. The lowest BCUT2D eigenvalue weighted by atomic mass is 9.78. The van der Waals surface area contributed by atoms with Crippen molar-refractivity contribution >= 4 is 5.91 Å². The first-order valence-corrected chi connectivity index (χ1v) is 7.05. The van der Waals surface area contributed by atoms with Gasteiger partial charge in [-0.3, -0.25) is 4.79 Å². The fraction of sp³-hybridized carbons (Fsp3) is 0.929. The molecule has 1 rings (SSSR count). The molecule has 0 aliphatic carbocycles. The van der Waals surface area contributed by atoms with E-state index < -0.39 is 0 Å². The van der Waals surface area contributed by atoms with Crippen molar-refractivity contribution in [3.05, 3.63) is 0 Å². The van der Waals surface area contributed by atoms with Gasteiger partial charge in [0.05, 0.1) is 12.5 Å². The molecule has 2 N–H and O–H groups in total. The number of amides is 1. The van der Waals surface area contributed by atoms with E-state index in [0.717, 1.165) is 19.5 Å². The third kappa shape index (κ3) is 4.25. The topological polar surface area (TPSA) is 55.6 Å². The Morgan fingerprint density at radius 2 is 2.28 bits per heavy atom. The Morgan fingerprint density at radius 1 is 1.56 bits per heavy atom. The molecule has 0 saturated carbocycles. The molecule has 1 aliphatic heterocycles. The summed E-state index contributed by atoms with van der Waals surface area (Å²) in [5.74, 6) is 0.189. The van der Waals surface area contributed by atoms with Crippen LogP contribution in [0.15, 0.2) is 0 Å². The molecule has 18 heavy (non-hydrogen) atoms. The number of hydrogen-bond donors (Lipinski definition) is 1. The van der Waals surface area contributed by atoms with E-state index in [9.17, 15) is 4.79 Å². The van der Waals surface area contributed by atoms with E-state index in [1.165, 1.54) is 19.3 Å². The minimum atomic E-state index is -0.142. The fourth-order valence-corrected chi connectivity index (χ4v) is 2.92. The molecule has 0 bridgehead atoms. The van der Waals surface area contributed by atoms with Crippen molar-refractivity contribution in [1.29, 1.82) is 0 Å². The van der Waals surface area contributed by atoms with Crippen LogP contribution in [-0.2, 0) is 9.53 Å². The third-order valence-corrected chi connectivity index (χ3v) is 3.99. The predicted octanol–water partition coefficient (Wildman–Crippen LogP) is 1.78. The van der Waals surface area contributed by atoms with Crippen LogP contribution >= 0.6 is 0 Å². The van der Waals surface area contributed by atoms with Gasteiger partial charge in [0.2, 0.25) is 5.91 Å². The maximum Gasteiger partial charge on any atom is 0.225 e. The second-order valence-corrected chi connectivity index (χ2v) is 5.78. The van der Waals surface area contributed by atoms with Crippen molar-refractivity contribution in [3.8, 4) is 0 Å². The molecule has 1 fully saturated rings. The van der Waals surface area contributed by atoms with Gasteiger partial charge in [0, 0.05) is 26.7 Å². The number of nitrogens with zero attached hydrogens (tertiary/aromatic N) is 1. The van der Waals surface area contributed by atoms with Gasteiger partial charge >= 0.3 is 0 Å². The molecule has 4 heteroatoms. The molecule has 0 aromatic rings. The van der Waals surface area contributed by atoms with Gasteiger partial charge in [-0.25, -0.2) is 0 Å². The molecule has 1 aliphatic rings. The molecule has 1 amide bonds. The standard InChI is InChI=1S/C14H28N2O2/c1-4-6-14(2)7-5-8-16(11-14)13(17)9-12(10-15)18-3/h12H,4-11,15H2,1-3H3. The average molecular weight is 256 g/mol. The SMILES string of the molecule is CCCC1(C)CCCN(C(=O)CC(CN)OC)C1. The molecule has 0 aromatic carbocycles. The van der Waals surface area contributed by atoms with Gasteiger partial charge in [0.25, 0.3) is 0 Å². The Kier molecular flexibility index (Phi) is 6.09. The first-order valence-electron chi connectivity index (χ1n) is 7.05. The van der Waals surface area contributed by atoms with Crippen LogP contribution in [0.2, 0.25) is 0 Å². The van der Waals surface area contributed by atoms with Crippen molar-refractivity contribution in [1.82, 2.24) is 4.90 Å². The molecule has 0 radical (unpaired) electrons. The summed E-state index contributed by atoms with van der Waals surface area (Å²) in [6.45, 7) is 6.69. The number of carbonyl (C=O) groups excluding carboxylic acids is 1. The molecule has 1 heterocycles. The zero-order valence-electron chi connectivity index (χ0n) is 12.1. The molecule has 2 atom stereocenters. The summed E-state index contributed by atoms with van der Waals surface area (Å²) in [5, 5.41) is 0. The van der Waals surface area contributed by atoms with Crippen LogP contribution in [0.4, 0.5) is 0 Å². The maximum atomic E-state index is 12.2. The Balaban J connectivity index is 2.52. The van der Waals surface area contributed by atoms with Crippen LogP contribution in [-0.4, -0.2) is 43.7 Å². The summed E-state index contributed by atoms with van der Waals surface area (Å²) in [6.07, 6.45) is 4.99. The Morgan fingerprint density at radius 3 is 2.83 bits per heavy atom. The second kappa shape index (κ2) is 7.10. The third-order valence-electron chi connectivity index (χ3n) is 3.99. The molecule has 4 nitrogen and oxygen atoms in total. The average Bonchev–Trinajstić information content (AvgIpc) is 2.35. The van der Waals surface area contributed by atoms with Gasteiger partial charge in [-0.05, 0) is 24.7 Å². The number of nitrogens with two attached hydrogens (primary N) is 1. The van der Waals surface area contributed by atoms with E-state index in [2.05, 4.69) is 13.8 Å². The second-order valence-electron chi connectivity index (χ2n) is 5.78. The smallest absolute Gasteiger partial charge is 0.225 e. The molecular formula is C14H28N2O2. The van der Waals surface area contributed by atoms with Crippen molar-refractivity contribution < 1.29 is 9.53 Å². The van der Waals surface area contributed by atoms with Crippen molar-refractivity contribution in [2.24, 2.45) is 11.1 Å². The van der Waals surface area contributed by atoms with Crippen LogP contribution in [0.3, 0.4) is 0 Å². The van der Waals surface area contributed by atoms with Crippen LogP contribution in [0, 0.1) is 5.41 Å². The summed E-state index contributed by atoms with van der Waals surface area (Å²) in [4.78, 5) is 14.2. The van der Waals surface area contributed by atoms with Gasteiger partial charge in [-0.1, -0.05) is 20.3 Å². The van der Waals surface area contributed by atoms with Crippen molar-refractivity contribution in [2.45, 2.75) is 52.1 Å². The van der Waals surface area contributed by atoms with Gasteiger partial charge in [0.1, 0.15) is 0 Å². The molecule has 0 aromatic heterocycles. The Bertz CT molecular complexity index is 263. The number of piperidine rings is 1. The van der Waals surface area contributed by atoms with E-state index in [4.69, 9.17) is 10.5 Å². The number of hydrogen-bond acceptors (Lipinski definition) is 3.